The van der Waals surface area contributed by atoms with Gasteiger partial charge in [-0.1, -0.05) is 71.4 Å². The first-order valence-corrected chi connectivity index (χ1v) is 12.8. The second kappa shape index (κ2) is 11.0. The molecule has 8 nitrogen and oxygen atoms in total. The van der Waals surface area contributed by atoms with Crippen LogP contribution in [0, 0.1) is 0 Å². The van der Waals surface area contributed by atoms with E-state index < -0.39 is 24.2 Å². The molecule has 0 saturated heterocycles. The van der Waals surface area contributed by atoms with Crippen molar-refractivity contribution >= 4 is 45.3 Å². The van der Waals surface area contributed by atoms with E-state index in [1.54, 1.807) is 0 Å². The SMILES string of the molecule is CC[C@H](NC(=O)[C@@H]1Cc2cccc3c2N1C(=O)[C@@H](NC(=O)OCc1ccccc1)CC3)C(=O)CBr. The fourth-order valence-electron chi connectivity index (χ4n) is 4.65. The van der Waals surface area contributed by atoms with Gasteiger partial charge in [0.2, 0.25) is 11.8 Å². The maximum absolute atomic E-state index is 13.6. The molecule has 4 rings (SSSR count). The van der Waals surface area contributed by atoms with E-state index >= 15 is 0 Å². The first kappa shape index (κ1) is 24.9. The number of nitrogens with zero attached hydrogens (tertiary/aromatic N) is 1. The lowest BCUT2D eigenvalue weighted by Crippen LogP contribution is -2.56. The summed E-state index contributed by atoms with van der Waals surface area (Å²) in [6, 6.07) is 12.8. The van der Waals surface area contributed by atoms with Crippen LogP contribution < -0.4 is 15.5 Å². The van der Waals surface area contributed by atoms with Crippen molar-refractivity contribution < 1.29 is 23.9 Å². The van der Waals surface area contributed by atoms with Crippen LogP contribution >= 0.6 is 15.9 Å². The molecule has 35 heavy (non-hydrogen) atoms. The number of halogens is 1. The number of alkyl carbamates (subject to hydrolysis) is 1. The van der Waals surface area contributed by atoms with Crippen LogP contribution in [0.5, 0.6) is 0 Å². The van der Waals surface area contributed by atoms with Crippen LogP contribution in [-0.2, 0) is 38.6 Å². The van der Waals surface area contributed by atoms with Crippen LogP contribution in [0.4, 0.5) is 10.5 Å². The maximum Gasteiger partial charge on any atom is 0.408 e. The lowest BCUT2D eigenvalue weighted by atomic mass is 10.0. The zero-order valence-electron chi connectivity index (χ0n) is 19.5. The molecule has 0 unspecified atom stereocenters. The minimum Gasteiger partial charge on any atom is -0.445 e. The summed E-state index contributed by atoms with van der Waals surface area (Å²) < 4.78 is 5.32. The third-order valence-corrected chi connectivity index (χ3v) is 7.01. The highest BCUT2D eigenvalue weighted by molar-refractivity contribution is 9.09. The predicted molar refractivity (Wildman–Crippen MR) is 134 cm³/mol. The Morgan fingerprint density at radius 3 is 2.57 bits per heavy atom. The van der Waals surface area contributed by atoms with Gasteiger partial charge in [0, 0.05) is 6.42 Å². The lowest BCUT2D eigenvalue weighted by molar-refractivity contribution is -0.129. The van der Waals surface area contributed by atoms with E-state index in [1.807, 2.05) is 55.5 Å². The van der Waals surface area contributed by atoms with Gasteiger partial charge in [-0.15, -0.1) is 0 Å². The first-order valence-electron chi connectivity index (χ1n) is 11.7. The number of benzene rings is 2. The number of aryl methyl sites for hydroxylation is 1. The topological polar surface area (TPSA) is 105 Å². The molecule has 3 atom stereocenters. The van der Waals surface area contributed by atoms with Crippen molar-refractivity contribution in [1.29, 1.82) is 0 Å². The number of hydrogen-bond acceptors (Lipinski definition) is 5. The zero-order chi connectivity index (χ0) is 24.9. The second-order valence-electron chi connectivity index (χ2n) is 8.72. The molecule has 0 bridgehead atoms. The summed E-state index contributed by atoms with van der Waals surface area (Å²) in [6.45, 7) is 1.91. The van der Waals surface area contributed by atoms with Crippen molar-refractivity contribution in [3.63, 3.8) is 0 Å². The van der Waals surface area contributed by atoms with Crippen LogP contribution in [0.3, 0.4) is 0 Å². The minimum atomic E-state index is -0.835. The van der Waals surface area contributed by atoms with E-state index in [1.165, 1.54) is 4.90 Å². The number of anilines is 1. The molecular formula is C26H28BrN3O5. The smallest absolute Gasteiger partial charge is 0.408 e. The van der Waals surface area contributed by atoms with Gasteiger partial charge >= 0.3 is 6.09 Å². The molecule has 0 saturated carbocycles. The number of rotatable bonds is 8. The summed E-state index contributed by atoms with van der Waals surface area (Å²) in [5.41, 5.74) is 3.44. The predicted octanol–water partition coefficient (Wildman–Crippen LogP) is 3.04. The van der Waals surface area contributed by atoms with Gasteiger partial charge in [0.15, 0.2) is 5.78 Å². The molecule has 2 aliphatic rings. The van der Waals surface area contributed by atoms with Crippen molar-refractivity contribution in [3.05, 3.63) is 65.2 Å². The molecule has 0 radical (unpaired) electrons. The zero-order valence-corrected chi connectivity index (χ0v) is 21.0. The third-order valence-electron chi connectivity index (χ3n) is 6.46. The van der Waals surface area contributed by atoms with Gasteiger partial charge in [-0.25, -0.2) is 4.79 Å². The molecular weight excluding hydrogens is 514 g/mol. The van der Waals surface area contributed by atoms with Crippen LogP contribution in [-0.4, -0.2) is 47.1 Å². The van der Waals surface area contributed by atoms with E-state index in [0.29, 0.717) is 25.7 Å². The van der Waals surface area contributed by atoms with Crippen molar-refractivity contribution in [2.24, 2.45) is 0 Å². The Balaban J connectivity index is 1.51. The summed E-state index contributed by atoms with van der Waals surface area (Å²) in [6.07, 6.45) is 1.08. The molecule has 2 aromatic rings. The molecule has 0 fully saturated rings. The fourth-order valence-corrected chi connectivity index (χ4v) is 5.04. The first-order chi connectivity index (χ1) is 16.9. The Kier molecular flexibility index (Phi) is 7.85. The summed E-state index contributed by atoms with van der Waals surface area (Å²) in [5.74, 6) is -0.862. The third kappa shape index (κ3) is 5.40. The van der Waals surface area contributed by atoms with Crippen molar-refractivity contribution in [3.8, 4) is 0 Å². The van der Waals surface area contributed by atoms with Crippen LogP contribution in [0.1, 0.15) is 36.5 Å². The Labute approximate surface area is 212 Å². The number of carbonyl (C=O) groups excluding carboxylic acids is 4. The van der Waals surface area contributed by atoms with Gasteiger partial charge in [-0.05, 0) is 36.0 Å². The fraction of sp³-hybridized carbons (Fsp3) is 0.385. The Morgan fingerprint density at radius 2 is 1.86 bits per heavy atom. The lowest BCUT2D eigenvalue weighted by Gasteiger charge is -2.28. The highest BCUT2D eigenvalue weighted by Crippen LogP contribution is 2.39. The average molecular weight is 542 g/mol. The average Bonchev–Trinajstić information content (AvgIpc) is 3.22. The van der Waals surface area contributed by atoms with Gasteiger partial charge in [0.25, 0.3) is 0 Å². The molecule has 0 aromatic heterocycles. The largest absolute Gasteiger partial charge is 0.445 e. The summed E-state index contributed by atoms with van der Waals surface area (Å²) in [5, 5.41) is 5.65. The van der Waals surface area contributed by atoms with Gasteiger partial charge in [-0.2, -0.15) is 0 Å². The molecule has 184 valence electrons. The monoisotopic (exact) mass is 541 g/mol. The summed E-state index contributed by atoms with van der Waals surface area (Å²) in [7, 11) is 0. The standard InChI is InChI=1S/C26H28BrN3O5/c1-2-19(22(31)14-27)28-24(32)21-13-18-10-6-9-17-11-12-20(25(33)30(21)23(17)18)29-26(34)35-15-16-7-4-3-5-8-16/h3-10,19-21H,2,11-15H2,1H3,(H,28,32)(H,29,34)/t19-,20-,21-/m0/s1. The number of hydrogen-bond donors (Lipinski definition) is 2. The van der Waals surface area contributed by atoms with E-state index in [4.69, 9.17) is 4.74 Å². The number of alkyl halides is 1. The summed E-state index contributed by atoms with van der Waals surface area (Å²) in [4.78, 5) is 53.1. The molecule has 2 heterocycles. The molecule has 0 aliphatic carbocycles. The van der Waals surface area contributed by atoms with E-state index in [0.717, 1.165) is 22.4 Å². The van der Waals surface area contributed by atoms with E-state index in [9.17, 15) is 19.2 Å². The number of Topliss-reactive ketones (excluding diaryl/α,β-unsaturated/α-hetero) is 1. The van der Waals surface area contributed by atoms with Crippen molar-refractivity contribution in [1.82, 2.24) is 10.6 Å². The molecule has 9 heteroatoms. The number of ether oxygens (including phenoxy) is 1. The molecule has 0 spiro atoms. The Morgan fingerprint density at radius 1 is 1.11 bits per heavy atom. The Bertz CT molecular complexity index is 1120. The van der Waals surface area contributed by atoms with Gasteiger partial charge in [0.1, 0.15) is 18.7 Å². The van der Waals surface area contributed by atoms with Crippen LogP contribution in [0.2, 0.25) is 0 Å². The van der Waals surface area contributed by atoms with Gasteiger partial charge < -0.3 is 15.4 Å². The van der Waals surface area contributed by atoms with Crippen molar-refractivity contribution in [2.75, 3.05) is 10.2 Å². The van der Waals surface area contributed by atoms with Gasteiger partial charge in [0.05, 0.1) is 17.1 Å². The van der Waals surface area contributed by atoms with E-state index in [-0.39, 0.29) is 29.5 Å². The molecule has 2 aliphatic heterocycles. The van der Waals surface area contributed by atoms with E-state index in [2.05, 4.69) is 26.6 Å². The quantitative estimate of drug-likeness (QED) is 0.499. The van der Waals surface area contributed by atoms with Crippen molar-refractivity contribution in [2.45, 2.75) is 57.3 Å². The number of nitrogens with one attached hydrogen (secondary N) is 2. The molecule has 2 aromatic carbocycles. The number of para-hydroxylation sites is 1. The Hall–Kier alpha value is -3.20. The number of carbonyl (C=O) groups is 4. The van der Waals surface area contributed by atoms with Gasteiger partial charge in [-0.3, -0.25) is 19.3 Å². The second-order valence-corrected chi connectivity index (χ2v) is 9.28. The molecule has 2 N–H and O–H groups in total. The highest BCUT2D eigenvalue weighted by atomic mass is 79.9. The van der Waals surface area contributed by atoms with Crippen LogP contribution in [0.25, 0.3) is 0 Å². The highest BCUT2D eigenvalue weighted by Gasteiger charge is 2.44. The van der Waals surface area contributed by atoms with Crippen LogP contribution in [0.15, 0.2) is 48.5 Å². The number of ketones is 1. The normalized spacial score (nSPS) is 19.4. The molecule has 3 amide bonds. The summed E-state index contributed by atoms with van der Waals surface area (Å²) >= 11 is 3.16. The maximum atomic E-state index is 13.6. The number of amides is 3. The minimum absolute atomic E-state index is 0.0900.